The first-order valence-corrected chi connectivity index (χ1v) is 6.24. The predicted octanol–water partition coefficient (Wildman–Crippen LogP) is 2.50. The van der Waals surface area contributed by atoms with Gasteiger partial charge in [0.25, 0.3) is 0 Å². The van der Waals surface area contributed by atoms with Crippen molar-refractivity contribution in [1.29, 1.82) is 0 Å². The van der Waals surface area contributed by atoms with Gasteiger partial charge in [-0.1, -0.05) is 30.3 Å². The van der Waals surface area contributed by atoms with Crippen molar-refractivity contribution in [3.05, 3.63) is 54.4 Å². The van der Waals surface area contributed by atoms with Gasteiger partial charge in [0.05, 0.1) is 6.21 Å². The molecule has 0 fully saturated rings. The molecule has 1 aromatic heterocycles. The molecule has 0 saturated heterocycles. The van der Waals surface area contributed by atoms with Crippen molar-refractivity contribution < 1.29 is 9.21 Å². The van der Waals surface area contributed by atoms with Gasteiger partial charge in [-0.3, -0.25) is 0 Å². The normalized spacial score (nSPS) is 11.0. The third-order valence-corrected chi connectivity index (χ3v) is 2.96. The van der Waals surface area contributed by atoms with E-state index in [0.29, 0.717) is 0 Å². The molecule has 0 saturated carbocycles. The maximum atomic E-state index is 10.5. The molecular weight excluding hydrogens is 268 g/mol. The number of hydrazone groups is 1. The van der Waals surface area contributed by atoms with Crippen LogP contribution in [-0.2, 0) is 0 Å². The molecule has 0 aliphatic carbocycles. The van der Waals surface area contributed by atoms with Crippen LogP contribution in [0.15, 0.2) is 58.4 Å². The van der Waals surface area contributed by atoms with E-state index in [1.807, 2.05) is 42.5 Å². The number of nitrogens with zero attached hydrogens (tertiary/aromatic N) is 2. The van der Waals surface area contributed by atoms with E-state index in [2.05, 4.69) is 15.5 Å². The second-order valence-electron chi connectivity index (χ2n) is 4.39. The second-order valence-corrected chi connectivity index (χ2v) is 4.39. The Kier molecular flexibility index (Phi) is 3.34. The van der Waals surface area contributed by atoms with Crippen LogP contribution in [-0.4, -0.2) is 17.2 Å². The van der Waals surface area contributed by atoms with Gasteiger partial charge in [0.15, 0.2) is 12.0 Å². The quantitative estimate of drug-likeness (QED) is 0.570. The summed E-state index contributed by atoms with van der Waals surface area (Å²) < 4.78 is 5.22. The third-order valence-electron chi connectivity index (χ3n) is 2.96. The van der Waals surface area contributed by atoms with Gasteiger partial charge >= 0.3 is 6.03 Å². The number of nitrogens with two attached hydrogens (primary N) is 1. The summed E-state index contributed by atoms with van der Waals surface area (Å²) in [5, 5.41) is 3.71. The number of nitrogens with one attached hydrogen (secondary N) is 1. The van der Waals surface area contributed by atoms with Crippen molar-refractivity contribution in [1.82, 2.24) is 10.4 Å². The van der Waals surface area contributed by atoms with Gasteiger partial charge in [0, 0.05) is 0 Å². The molecule has 3 aromatic rings. The van der Waals surface area contributed by atoms with E-state index >= 15 is 0 Å². The highest BCUT2D eigenvalue weighted by Crippen LogP contribution is 2.23. The topological polar surface area (TPSA) is 93.5 Å². The van der Waals surface area contributed by atoms with Crippen molar-refractivity contribution in [2.75, 3.05) is 0 Å². The minimum Gasteiger partial charge on any atom is -0.443 e. The van der Waals surface area contributed by atoms with Crippen LogP contribution in [0.3, 0.4) is 0 Å². The number of hydrogen-bond acceptors (Lipinski definition) is 4. The monoisotopic (exact) mass is 280 g/mol. The average Bonchev–Trinajstić information content (AvgIpc) is 2.95. The fourth-order valence-corrected chi connectivity index (χ4v) is 1.97. The molecule has 104 valence electrons. The number of urea groups is 1. The number of primary amides is 1. The van der Waals surface area contributed by atoms with Crippen LogP contribution in [0.25, 0.3) is 22.2 Å². The number of carbonyl (C=O) groups is 1. The van der Waals surface area contributed by atoms with Crippen molar-refractivity contribution >= 4 is 23.3 Å². The fourth-order valence-electron chi connectivity index (χ4n) is 1.97. The first-order valence-electron chi connectivity index (χ1n) is 6.24. The number of fused-ring (bicyclic) bond motifs is 1. The lowest BCUT2D eigenvalue weighted by Crippen LogP contribution is -2.24. The Morgan fingerprint density at radius 3 is 2.71 bits per heavy atom. The average molecular weight is 280 g/mol. The largest absolute Gasteiger partial charge is 0.443 e. The Labute approximate surface area is 120 Å². The minimum atomic E-state index is -0.691. The predicted molar refractivity (Wildman–Crippen MR) is 79.8 cm³/mol. The Bertz CT molecular complexity index is 806. The van der Waals surface area contributed by atoms with Crippen LogP contribution in [0.1, 0.15) is 5.56 Å². The Morgan fingerprint density at radius 1 is 1.19 bits per heavy atom. The standard InChI is InChI=1S/C15H12N4O2/c16-15(20)19-18-8-10-1-3-11(4-2-10)12-5-6-14-13(7-12)17-9-21-14/h1-9H,(H3,16,19,20). The van der Waals surface area contributed by atoms with E-state index in [4.69, 9.17) is 10.2 Å². The molecule has 1 heterocycles. The molecule has 0 radical (unpaired) electrons. The molecule has 0 atom stereocenters. The molecule has 2 amide bonds. The number of aromatic nitrogens is 1. The lowest BCUT2D eigenvalue weighted by atomic mass is 10.0. The zero-order valence-corrected chi connectivity index (χ0v) is 11.0. The van der Waals surface area contributed by atoms with Gasteiger partial charge in [-0.2, -0.15) is 5.10 Å². The zero-order valence-electron chi connectivity index (χ0n) is 11.0. The molecule has 0 aliphatic rings. The van der Waals surface area contributed by atoms with Crippen LogP contribution in [0.4, 0.5) is 4.79 Å². The molecule has 0 unspecified atom stereocenters. The summed E-state index contributed by atoms with van der Waals surface area (Å²) in [7, 11) is 0. The summed E-state index contributed by atoms with van der Waals surface area (Å²) in [6.07, 6.45) is 2.95. The van der Waals surface area contributed by atoms with Crippen molar-refractivity contribution in [3.63, 3.8) is 0 Å². The first kappa shape index (κ1) is 12.9. The Morgan fingerprint density at radius 2 is 1.95 bits per heavy atom. The van der Waals surface area contributed by atoms with Crippen LogP contribution < -0.4 is 11.2 Å². The summed E-state index contributed by atoms with van der Waals surface area (Å²) in [4.78, 5) is 14.6. The second kappa shape index (κ2) is 5.46. The molecule has 0 bridgehead atoms. The highest BCUT2D eigenvalue weighted by Gasteiger charge is 2.02. The number of rotatable bonds is 3. The molecular formula is C15H12N4O2. The smallest absolute Gasteiger partial charge is 0.332 e. The summed E-state index contributed by atoms with van der Waals surface area (Å²) in [6, 6.07) is 12.9. The zero-order chi connectivity index (χ0) is 14.7. The summed E-state index contributed by atoms with van der Waals surface area (Å²) in [6.45, 7) is 0. The molecule has 3 N–H and O–H groups in total. The Balaban J connectivity index is 1.82. The molecule has 2 aromatic carbocycles. The van der Waals surface area contributed by atoms with Gasteiger partial charge in [-0.25, -0.2) is 15.2 Å². The number of oxazole rings is 1. The summed E-state index contributed by atoms with van der Waals surface area (Å²) in [5.74, 6) is 0. The number of hydrogen-bond donors (Lipinski definition) is 2. The van der Waals surface area contributed by atoms with E-state index < -0.39 is 6.03 Å². The van der Waals surface area contributed by atoms with Crippen molar-refractivity contribution in [2.24, 2.45) is 10.8 Å². The SMILES string of the molecule is NC(=O)NN=Cc1ccc(-c2ccc3ocnc3c2)cc1. The number of benzene rings is 2. The summed E-state index contributed by atoms with van der Waals surface area (Å²) in [5.41, 5.74) is 11.6. The van der Waals surface area contributed by atoms with Crippen LogP contribution >= 0.6 is 0 Å². The highest BCUT2D eigenvalue weighted by atomic mass is 16.3. The Hall–Kier alpha value is -3.15. The van der Waals surface area contributed by atoms with Crippen LogP contribution in [0.5, 0.6) is 0 Å². The molecule has 0 aliphatic heterocycles. The first-order chi connectivity index (χ1) is 10.2. The van der Waals surface area contributed by atoms with Gasteiger partial charge < -0.3 is 10.2 Å². The van der Waals surface area contributed by atoms with E-state index in [9.17, 15) is 4.79 Å². The molecule has 21 heavy (non-hydrogen) atoms. The lowest BCUT2D eigenvalue weighted by molar-refractivity contribution is 0.249. The van der Waals surface area contributed by atoms with Crippen molar-refractivity contribution in [2.45, 2.75) is 0 Å². The van der Waals surface area contributed by atoms with E-state index in [1.165, 1.54) is 12.6 Å². The maximum Gasteiger partial charge on any atom is 0.332 e. The van der Waals surface area contributed by atoms with Gasteiger partial charge in [0.2, 0.25) is 0 Å². The van der Waals surface area contributed by atoms with E-state index in [0.717, 1.165) is 27.8 Å². The van der Waals surface area contributed by atoms with E-state index in [-0.39, 0.29) is 0 Å². The van der Waals surface area contributed by atoms with Gasteiger partial charge in [0.1, 0.15) is 5.52 Å². The number of amides is 2. The van der Waals surface area contributed by atoms with Gasteiger partial charge in [-0.05, 0) is 28.8 Å². The third kappa shape index (κ3) is 2.89. The fraction of sp³-hybridized carbons (Fsp3) is 0. The van der Waals surface area contributed by atoms with Crippen LogP contribution in [0, 0.1) is 0 Å². The maximum absolute atomic E-state index is 10.5. The van der Waals surface area contributed by atoms with E-state index in [1.54, 1.807) is 0 Å². The minimum absolute atomic E-state index is 0.691. The van der Waals surface area contributed by atoms with Gasteiger partial charge in [-0.15, -0.1) is 0 Å². The molecule has 6 heteroatoms. The van der Waals surface area contributed by atoms with Crippen molar-refractivity contribution in [3.8, 4) is 11.1 Å². The highest BCUT2D eigenvalue weighted by molar-refractivity contribution is 5.84. The molecule has 6 nitrogen and oxygen atoms in total. The lowest BCUT2D eigenvalue weighted by Gasteiger charge is -2.02. The molecule has 3 rings (SSSR count). The molecule has 0 spiro atoms. The summed E-state index contributed by atoms with van der Waals surface area (Å²) >= 11 is 0. The van der Waals surface area contributed by atoms with Crippen LogP contribution in [0.2, 0.25) is 0 Å². The number of carbonyl (C=O) groups excluding carboxylic acids is 1.